The van der Waals surface area contributed by atoms with Crippen molar-refractivity contribution in [3.63, 3.8) is 0 Å². The first-order valence-electron chi connectivity index (χ1n) is 5.33. The van der Waals surface area contributed by atoms with Gasteiger partial charge in [-0.15, -0.1) is 0 Å². The Hall–Kier alpha value is -2.12. The summed E-state index contributed by atoms with van der Waals surface area (Å²) in [6, 6.07) is 0. The van der Waals surface area contributed by atoms with E-state index in [0.29, 0.717) is 11.4 Å². The lowest BCUT2D eigenvalue weighted by Gasteiger charge is -2.01. The molecule has 8 heteroatoms. The Bertz CT molecular complexity index is 318. The maximum Gasteiger partial charge on any atom is 0.220 e. The third-order valence-corrected chi connectivity index (χ3v) is 1.81. The fraction of sp³-hybridized carbons (Fsp3) is 0.600. The van der Waals surface area contributed by atoms with Crippen LogP contribution in [0.4, 0.5) is 0 Å². The van der Waals surface area contributed by atoms with E-state index in [0.717, 1.165) is 0 Å². The van der Waals surface area contributed by atoms with Crippen molar-refractivity contribution in [1.82, 2.24) is 0 Å². The Morgan fingerprint density at radius 2 is 1.22 bits per heavy atom. The van der Waals surface area contributed by atoms with Gasteiger partial charge in [0.25, 0.3) is 0 Å². The number of hydrogen-bond acceptors (Lipinski definition) is 6. The van der Waals surface area contributed by atoms with Gasteiger partial charge in [-0.3, -0.25) is 9.59 Å². The van der Waals surface area contributed by atoms with E-state index in [9.17, 15) is 9.59 Å². The minimum atomic E-state index is -0.456. The van der Waals surface area contributed by atoms with E-state index >= 15 is 0 Å². The molecule has 0 radical (unpaired) electrons. The van der Waals surface area contributed by atoms with Crippen LogP contribution in [-0.2, 0) is 19.3 Å². The predicted molar refractivity (Wildman–Crippen MR) is 65.7 cm³/mol. The fourth-order valence-corrected chi connectivity index (χ4v) is 0.710. The van der Waals surface area contributed by atoms with E-state index in [2.05, 4.69) is 10.3 Å². The number of carbonyl (C=O) groups is 2. The molecule has 0 aliphatic carbocycles. The maximum absolute atomic E-state index is 10.4. The third-order valence-electron chi connectivity index (χ3n) is 1.81. The molecule has 8 nitrogen and oxygen atoms in total. The van der Waals surface area contributed by atoms with Crippen LogP contribution in [0.25, 0.3) is 0 Å². The molecule has 0 aliphatic rings. The van der Waals surface area contributed by atoms with Crippen LogP contribution in [0.1, 0.15) is 26.7 Å². The highest BCUT2D eigenvalue weighted by Gasteiger charge is 2.00. The fourth-order valence-electron chi connectivity index (χ4n) is 0.710. The SMILES string of the molecule is CC(=N\OCCC(N)=O)/C(C)=N/OCCC(N)=O. The Morgan fingerprint density at radius 1 is 0.889 bits per heavy atom. The van der Waals surface area contributed by atoms with E-state index in [1.165, 1.54) is 0 Å². The summed E-state index contributed by atoms with van der Waals surface area (Å²) in [5.74, 6) is -0.911. The lowest BCUT2D eigenvalue weighted by Crippen LogP contribution is -2.14. The lowest BCUT2D eigenvalue weighted by atomic mass is 10.3. The average Bonchev–Trinajstić information content (AvgIpc) is 2.29. The summed E-state index contributed by atoms with van der Waals surface area (Å²) >= 11 is 0. The molecule has 0 aromatic heterocycles. The minimum Gasteiger partial charge on any atom is -0.395 e. The summed E-state index contributed by atoms with van der Waals surface area (Å²) in [6.45, 7) is 3.56. The van der Waals surface area contributed by atoms with Crippen LogP contribution < -0.4 is 11.5 Å². The topological polar surface area (TPSA) is 129 Å². The number of amides is 2. The number of oxime groups is 2. The first-order chi connectivity index (χ1) is 8.43. The highest BCUT2D eigenvalue weighted by atomic mass is 16.6. The molecule has 4 N–H and O–H groups in total. The first kappa shape index (κ1) is 15.9. The molecule has 0 aliphatic heterocycles. The van der Waals surface area contributed by atoms with Gasteiger partial charge in [-0.2, -0.15) is 0 Å². The van der Waals surface area contributed by atoms with Crippen molar-refractivity contribution in [1.29, 1.82) is 0 Å². The lowest BCUT2D eigenvalue weighted by molar-refractivity contribution is -0.119. The van der Waals surface area contributed by atoms with Gasteiger partial charge in [0.15, 0.2) is 0 Å². The number of rotatable bonds is 9. The van der Waals surface area contributed by atoms with Crippen molar-refractivity contribution in [2.24, 2.45) is 21.8 Å². The van der Waals surface area contributed by atoms with Gasteiger partial charge in [0.05, 0.1) is 12.8 Å². The van der Waals surface area contributed by atoms with Crippen LogP contribution in [0.3, 0.4) is 0 Å². The van der Waals surface area contributed by atoms with Crippen LogP contribution in [0.5, 0.6) is 0 Å². The Morgan fingerprint density at radius 3 is 1.50 bits per heavy atom. The molecule has 0 unspecified atom stereocenters. The molecule has 2 amide bonds. The average molecular weight is 258 g/mol. The monoisotopic (exact) mass is 258 g/mol. The van der Waals surface area contributed by atoms with Crippen LogP contribution in [0.15, 0.2) is 10.3 Å². The highest BCUT2D eigenvalue weighted by molar-refractivity contribution is 6.40. The summed E-state index contributed by atoms with van der Waals surface area (Å²) in [5.41, 5.74) is 10.8. The molecule has 0 aromatic rings. The van der Waals surface area contributed by atoms with Crippen molar-refractivity contribution in [2.45, 2.75) is 26.7 Å². The van der Waals surface area contributed by atoms with Gasteiger partial charge in [-0.25, -0.2) is 0 Å². The highest BCUT2D eigenvalue weighted by Crippen LogP contribution is 1.91. The van der Waals surface area contributed by atoms with E-state index in [4.69, 9.17) is 21.1 Å². The number of carbonyl (C=O) groups excluding carboxylic acids is 2. The number of hydrogen-bond donors (Lipinski definition) is 2. The zero-order chi connectivity index (χ0) is 14.0. The van der Waals surface area contributed by atoms with Gasteiger partial charge in [0, 0.05) is 0 Å². The second kappa shape index (κ2) is 8.97. The molecule has 0 bridgehead atoms. The first-order valence-corrected chi connectivity index (χ1v) is 5.33. The quantitative estimate of drug-likeness (QED) is 0.328. The summed E-state index contributed by atoms with van der Waals surface area (Å²) in [4.78, 5) is 30.5. The second-order valence-corrected chi connectivity index (χ2v) is 3.45. The Kier molecular flexibility index (Phi) is 7.91. The molecule has 0 saturated carbocycles. The number of primary amides is 2. The normalized spacial score (nSPS) is 12.1. The van der Waals surface area contributed by atoms with Gasteiger partial charge >= 0.3 is 0 Å². The van der Waals surface area contributed by atoms with E-state index in [1.54, 1.807) is 13.8 Å². The zero-order valence-corrected chi connectivity index (χ0v) is 10.5. The van der Waals surface area contributed by atoms with E-state index in [1.807, 2.05) is 0 Å². The molecule has 0 atom stereocenters. The van der Waals surface area contributed by atoms with Crippen molar-refractivity contribution >= 4 is 23.2 Å². The molecule has 0 saturated heterocycles. The summed E-state index contributed by atoms with van der Waals surface area (Å²) in [5, 5.41) is 7.43. The standard InChI is InChI=1S/C10H18N4O4/c1-7(13-17-5-3-9(11)15)8(2)14-18-6-4-10(12)16/h3-6H2,1-2H3,(H2,11,15)(H2,12,16)/b13-7+,14-8+. The minimum absolute atomic E-state index is 0.0993. The number of nitrogens with zero attached hydrogens (tertiary/aromatic N) is 2. The van der Waals surface area contributed by atoms with Gasteiger partial charge < -0.3 is 21.1 Å². The molecule has 0 rings (SSSR count). The third kappa shape index (κ3) is 9.13. The Balaban J connectivity index is 3.95. The van der Waals surface area contributed by atoms with Gasteiger partial charge in [-0.1, -0.05) is 10.3 Å². The van der Waals surface area contributed by atoms with Crippen molar-refractivity contribution in [3.05, 3.63) is 0 Å². The summed E-state index contributed by atoms with van der Waals surface area (Å²) in [7, 11) is 0. The summed E-state index contributed by atoms with van der Waals surface area (Å²) < 4.78 is 0. The summed E-state index contributed by atoms with van der Waals surface area (Å²) in [6.07, 6.45) is 0.199. The van der Waals surface area contributed by atoms with Gasteiger partial charge in [-0.05, 0) is 13.8 Å². The van der Waals surface area contributed by atoms with Gasteiger partial charge in [0.1, 0.15) is 24.6 Å². The van der Waals surface area contributed by atoms with Crippen molar-refractivity contribution in [2.75, 3.05) is 13.2 Å². The Labute approximate surface area is 105 Å². The number of nitrogens with two attached hydrogens (primary N) is 2. The smallest absolute Gasteiger partial charge is 0.220 e. The predicted octanol–water partition coefficient (Wildman–Crippen LogP) is -0.478. The second-order valence-electron chi connectivity index (χ2n) is 3.45. The molecular weight excluding hydrogens is 240 g/mol. The molecule has 102 valence electrons. The molecule has 0 aromatic carbocycles. The van der Waals surface area contributed by atoms with Gasteiger partial charge in [0.2, 0.25) is 11.8 Å². The van der Waals surface area contributed by atoms with E-state index in [-0.39, 0.29) is 26.1 Å². The molecule has 18 heavy (non-hydrogen) atoms. The molecule has 0 heterocycles. The largest absolute Gasteiger partial charge is 0.395 e. The van der Waals surface area contributed by atoms with Crippen LogP contribution in [0, 0.1) is 0 Å². The zero-order valence-electron chi connectivity index (χ0n) is 10.5. The maximum atomic E-state index is 10.4. The molecule has 0 spiro atoms. The van der Waals surface area contributed by atoms with Crippen molar-refractivity contribution in [3.8, 4) is 0 Å². The van der Waals surface area contributed by atoms with E-state index < -0.39 is 11.8 Å². The van der Waals surface area contributed by atoms with Crippen molar-refractivity contribution < 1.29 is 19.3 Å². The van der Waals surface area contributed by atoms with Crippen LogP contribution in [-0.4, -0.2) is 36.5 Å². The van der Waals surface area contributed by atoms with Crippen LogP contribution >= 0.6 is 0 Å². The van der Waals surface area contributed by atoms with Crippen LogP contribution in [0.2, 0.25) is 0 Å². The molecular formula is C10H18N4O4. The molecule has 0 fully saturated rings.